The number of carbonyl (C=O) groups excluding carboxylic acids is 1. The van der Waals surface area contributed by atoms with Crippen molar-refractivity contribution in [3.8, 4) is 6.01 Å². The number of halogens is 2. The highest BCUT2D eigenvalue weighted by Crippen LogP contribution is 2.46. The summed E-state index contributed by atoms with van der Waals surface area (Å²) in [6, 6.07) is 2.15. The van der Waals surface area contributed by atoms with E-state index in [1.807, 2.05) is 38.7 Å². The highest BCUT2D eigenvalue weighted by Gasteiger charge is 2.46. The van der Waals surface area contributed by atoms with Crippen LogP contribution >= 0.6 is 15.9 Å². The van der Waals surface area contributed by atoms with Crippen LogP contribution in [0.5, 0.6) is 6.01 Å². The number of hydrogen-bond acceptors (Lipinski definition) is 7. The Morgan fingerprint density at radius 2 is 1.86 bits per heavy atom. The summed E-state index contributed by atoms with van der Waals surface area (Å²) in [5.41, 5.74) is 0.585. The number of rotatable bonds is 6. The number of benzene rings is 1. The van der Waals surface area contributed by atoms with Crippen molar-refractivity contribution in [2.45, 2.75) is 71.1 Å². The molecule has 3 fully saturated rings. The van der Waals surface area contributed by atoms with Gasteiger partial charge in [-0.2, -0.15) is 9.97 Å². The molecule has 0 N–H and O–H groups in total. The molecule has 1 aromatic carbocycles. The van der Waals surface area contributed by atoms with Crippen LogP contribution < -0.4 is 9.64 Å². The Labute approximate surface area is 226 Å². The van der Waals surface area contributed by atoms with E-state index < -0.39 is 11.4 Å². The molecule has 202 valence electrons. The molecular weight excluding hydrogens is 541 g/mol. The van der Waals surface area contributed by atoms with Gasteiger partial charge in [-0.15, -0.1) is 0 Å². The molecule has 2 bridgehead atoms. The summed E-state index contributed by atoms with van der Waals surface area (Å²) >= 11 is 3.38. The van der Waals surface area contributed by atoms with Crippen LogP contribution in [0, 0.1) is 18.2 Å². The summed E-state index contributed by atoms with van der Waals surface area (Å²) in [4.78, 5) is 28.5. The lowest BCUT2D eigenvalue weighted by atomic mass is 10.1. The average Bonchev–Trinajstić information content (AvgIpc) is 3.50. The summed E-state index contributed by atoms with van der Waals surface area (Å²) < 4.78 is 27.7. The maximum absolute atomic E-state index is 15.4. The van der Waals surface area contributed by atoms with E-state index in [1.165, 1.54) is 0 Å². The van der Waals surface area contributed by atoms with Gasteiger partial charge in [0, 0.05) is 30.4 Å². The van der Waals surface area contributed by atoms with Gasteiger partial charge in [-0.05, 0) is 95.0 Å². The van der Waals surface area contributed by atoms with E-state index in [0.29, 0.717) is 35.4 Å². The molecule has 8 nitrogen and oxygen atoms in total. The fraction of sp³-hybridized carbons (Fsp3) is 0.667. The fourth-order valence-corrected chi connectivity index (χ4v) is 6.00. The number of carbonyl (C=O) groups is 1. The molecule has 1 aromatic heterocycles. The molecule has 1 saturated carbocycles. The van der Waals surface area contributed by atoms with Gasteiger partial charge in [0.2, 0.25) is 0 Å². The van der Waals surface area contributed by atoms with Crippen molar-refractivity contribution < 1.29 is 18.7 Å². The third-order valence-electron chi connectivity index (χ3n) is 7.51. The standard InChI is InChI=1S/C27H37BrFN5O3/c1-16-11-19-22(21(29)20(16)28)30-24(36-15-27(9-10-27)14-32(5)6)31-23(19)33-12-17-7-8-18(13-33)34(17)25(35)37-26(2,3)4/h11,17-18H,7-10,12-15H2,1-6H3. The molecule has 0 radical (unpaired) electrons. The number of anilines is 1. The van der Waals surface area contributed by atoms with Crippen molar-refractivity contribution in [3.05, 3.63) is 21.9 Å². The predicted molar refractivity (Wildman–Crippen MR) is 145 cm³/mol. The Bertz CT molecular complexity index is 1200. The summed E-state index contributed by atoms with van der Waals surface area (Å²) in [7, 11) is 4.12. The van der Waals surface area contributed by atoms with Crippen molar-refractivity contribution in [2.75, 3.05) is 45.2 Å². The zero-order valence-electron chi connectivity index (χ0n) is 22.6. The Balaban J connectivity index is 1.46. The molecule has 2 aliphatic heterocycles. The third-order valence-corrected chi connectivity index (χ3v) is 8.49. The second-order valence-electron chi connectivity index (χ2n) is 12.3. The summed E-state index contributed by atoms with van der Waals surface area (Å²) in [5.74, 6) is 0.251. The fourth-order valence-electron chi connectivity index (χ4n) is 5.70. The number of ether oxygens (including phenoxy) is 2. The normalized spacial score (nSPS) is 22.6. The van der Waals surface area contributed by atoms with Crippen LogP contribution in [0.4, 0.5) is 15.0 Å². The van der Waals surface area contributed by atoms with Gasteiger partial charge >= 0.3 is 12.1 Å². The Morgan fingerprint density at radius 3 is 2.43 bits per heavy atom. The Kier molecular flexibility index (Phi) is 6.80. The van der Waals surface area contributed by atoms with Crippen molar-refractivity contribution >= 4 is 38.7 Å². The number of fused-ring (bicyclic) bond motifs is 3. The first-order chi connectivity index (χ1) is 17.4. The molecule has 2 unspecified atom stereocenters. The number of amides is 1. The zero-order chi connectivity index (χ0) is 26.7. The largest absolute Gasteiger partial charge is 0.463 e. The minimum Gasteiger partial charge on any atom is -0.463 e. The Morgan fingerprint density at radius 1 is 1.22 bits per heavy atom. The molecule has 2 aromatic rings. The lowest BCUT2D eigenvalue weighted by Gasteiger charge is -2.42. The molecule has 10 heteroatoms. The summed E-state index contributed by atoms with van der Waals surface area (Å²) in [5, 5.41) is 0.657. The second kappa shape index (κ2) is 9.52. The first-order valence-electron chi connectivity index (χ1n) is 13.1. The van der Waals surface area contributed by atoms with E-state index in [2.05, 4.69) is 44.8 Å². The van der Waals surface area contributed by atoms with Crippen molar-refractivity contribution in [1.29, 1.82) is 0 Å². The number of piperazine rings is 1. The number of aryl methyl sites for hydroxylation is 1. The van der Waals surface area contributed by atoms with Crippen LogP contribution in [-0.4, -0.2) is 83.9 Å². The van der Waals surface area contributed by atoms with Crippen LogP contribution in [0.25, 0.3) is 10.9 Å². The van der Waals surface area contributed by atoms with Gasteiger partial charge in [0.05, 0.1) is 23.2 Å². The van der Waals surface area contributed by atoms with Gasteiger partial charge < -0.3 is 19.3 Å². The van der Waals surface area contributed by atoms with E-state index in [-0.39, 0.29) is 35.1 Å². The molecule has 5 rings (SSSR count). The Hall–Kier alpha value is -2.20. The van der Waals surface area contributed by atoms with Crippen LogP contribution in [0.15, 0.2) is 10.5 Å². The van der Waals surface area contributed by atoms with Crippen LogP contribution in [0.1, 0.15) is 52.0 Å². The van der Waals surface area contributed by atoms with E-state index >= 15 is 4.39 Å². The van der Waals surface area contributed by atoms with Crippen LogP contribution in [-0.2, 0) is 4.74 Å². The molecule has 1 aliphatic carbocycles. The molecule has 3 heterocycles. The van der Waals surface area contributed by atoms with Gasteiger partial charge in [0.15, 0.2) is 5.82 Å². The monoisotopic (exact) mass is 577 g/mol. The van der Waals surface area contributed by atoms with Crippen LogP contribution in [0.2, 0.25) is 0 Å². The summed E-state index contributed by atoms with van der Waals surface area (Å²) in [6.45, 7) is 10.2. The first kappa shape index (κ1) is 26.4. The van der Waals surface area contributed by atoms with Crippen molar-refractivity contribution in [1.82, 2.24) is 19.8 Å². The maximum atomic E-state index is 15.4. The smallest absolute Gasteiger partial charge is 0.410 e. The van der Waals surface area contributed by atoms with E-state index in [1.54, 1.807) is 0 Å². The predicted octanol–water partition coefficient (Wildman–Crippen LogP) is 5.15. The molecule has 3 aliphatic rings. The van der Waals surface area contributed by atoms with Gasteiger partial charge in [-0.25, -0.2) is 9.18 Å². The SMILES string of the molecule is Cc1cc2c(N3CC4CCC(C3)N4C(=O)OC(C)(C)C)nc(OCC3(CN(C)C)CC3)nc2c(F)c1Br. The highest BCUT2D eigenvalue weighted by atomic mass is 79.9. The van der Waals surface area contributed by atoms with Crippen molar-refractivity contribution in [3.63, 3.8) is 0 Å². The van der Waals surface area contributed by atoms with Gasteiger partial charge in [-0.3, -0.25) is 4.90 Å². The second-order valence-corrected chi connectivity index (χ2v) is 13.0. The topological polar surface area (TPSA) is 71.0 Å². The van der Waals surface area contributed by atoms with Gasteiger partial charge in [0.25, 0.3) is 0 Å². The lowest BCUT2D eigenvalue weighted by Crippen LogP contribution is -2.57. The summed E-state index contributed by atoms with van der Waals surface area (Å²) in [6.07, 6.45) is 3.73. The molecule has 2 saturated heterocycles. The molecule has 2 atom stereocenters. The van der Waals surface area contributed by atoms with E-state index in [4.69, 9.17) is 14.5 Å². The highest BCUT2D eigenvalue weighted by molar-refractivity contribution is 9.10. The van der Waals surface area contributed by atoms with Gasteiger partial charge in [-0.1, -0.05) is 0 Å². The van der Waals surface area contributed by atoms with E-state index in [9.17, 15) is 4.79 Å². The van der Waals surface area contributed by atoms with Crippen molar-refractivity contribution in [2.24, 2.45) is 5.41 Å². The number of hydrogen-bond donors (Lipinski definition) is 0. The quantitative estimate of drug-likeness (QED) is 0.470. The average molecular weight is 579 g/mol. The maximum Gasteiger partial charge on any atom is 0.410 e. The molecule has 37 heavy (non-hydrogen) atoms. The molecular formula is C27H37BrFN5O3. The minimum atomic E-state index is -0.545. The van der Waals surface area contributed by atoms with Crippen LogP contribution in [0.3, 0.4) is 0 Å². The minimum absolute atomic E-state index is 0.0131. The zero-order valence-corrected chi connectivity index (χ0v) is 24.2. The molecule has 1 amide bonds. The third kappa shape index (κ3) is 5.37. The first-order valence-corrected chi connectivity index (χ1v) is 13.9. The van der Waals surface area contributed by atoms with E-state index in [0.717, 1.165) is 37.8 Å². The number of aromatic nitrogens is 2. The number of nitrogens with zero attached hydrogens (tertiary/aromatic N) is 5. The lowest BCUT2D eigenvalue weighted by molar-refractivity contribution is 0.0123. The molecule has 0 spiro atoms. The van der Waals surface area contributed by atoms with Gasteiger partial charge in [0.1, 0.15) is 16.9 Å².